The highest BCUT2D eigenvalue weighted by molar-refractivity contribution is 5.91. The van der Waals surface area contributed by atoms with Crippen molar-refractivity contribution in [2.75, 3.05) is 5.32 Å². The smallest absolute Gasteiger partial charge is 0.230 e. The molecule has 82 valence electrons. The maximum absolute atomic E-state index is 12.8. The van der Waals surface area contributed by atoms with Crippen molar-refractivity contribution in [2.45, 2.75) is 6.42 Å². The molecular formula is C10H8FN3O2. The number of amides is 1. The number of pyridine rings is 1. The van der Waals surface area contributed by atoms with Crippen LogP contribution in [0.1, 0.15) is 5.69 Å². The summed E-state index contributed by atoms with van der Waals surface area (Å²) < 4.78 is 17.3. The van der Waals surface area contributed by atoms with E-state index >= 15 is 0 Å². The minimum Gasteiger partial charge on any atom is -0.364 e. The topological polar surface area (TPSA) is 68.0 Å². The van der Waals surface area contributed by atoms with Crippen LogP contribution in [0.4, 0.5) is 10.1 Å². The molecule has 0 spiro atoms. The first kappa shape index (κ1) is 10.3. The van der Waals surface area contributed by atoms with Crippen molar-refractivity contribution in [3.63, 3.8) is 0 Å². The predicted octanol–water partition coefficient (Wildman–Crippen LogP) is 1.39. The molecule has 1 N–H and O–H groups in total. The second-order valence-corrected chi connectivity index (χ2v) is 3.11. The fourth-order valence-electron chi connectivity index (χ4n) is 1.18. The number of carbonyl (C=O) groups excluding carboxylic acids is 1. The zero-order valence-electron chi connectivity index (χ0n) is 8.18. The molecule has 2 rings (SSSR count). The highest BCUT2D eigenvalue weighted by Gasteiger charge is 2.06. The molecular weight excluding hydrogens is 213 g/mol. The maximum atomic E-state index is 12.8. The molecule has 16 heavy (non-hydrogen) atoms. The van der Waals surface area contributed by atoms with Gasteiger partial charge in [-0.2, -0.15) is 0 Å². The van der Waals surface area contributed by atoms with E-state index in [-0.39, 0.29) is 12.3 Å². The summed E-state index contributed by atoms with van der Waals surface area (Å²) >= 11 is 0. The maximum Gasteiger partial charge on any atom is 0.230 e. The van der Waals surface area contributed by atoms with E-state index < -0.39 is 5.82 Å². The van der Waals surface area contributed by atoms with Crippen molar-refractivity contribution < 1.29 is 13.7 Å². The summed E-state index contributed by atoms with van der Waals surface area (Å²) in [7, 11) is 0. The molecule has 5 nitrogen and oxygen atoms in total. The molecule has 0 fully saturated rings. The molecule has 0 radical (unpaired) electrons. The van der Waals surface area contributed by atoms with Crippen LogP contribution >= 0.6 is 0 Å². The predicted molar refractivity (Wildman–Crippen MR) is 53.0 cm³/mol. The summed E-state index contributed by atoms with van der Waals surface area (Å²) in [4.78, 5) is 15.1. The Morgan fingerprint density at radius 2 is 2.38 bits per heavy atom. The van der Waals surface area contributed by atoms with Crippen LogP contribution in [0.25, 0.3) is 0 Å². The SMILES string of the molecule is O=C(Cc1ccon1)Nc1cncc(F)c1. The Balaban J connectivity index is 1.97. The van der Waals surface area contributed by atoms with Crippen molar-refractivity contribution >= 4 is 11.6 Å². The summed E-state index contributed by atoms with van der Waals surface area (Å²) in [5.74, 6) is -0.805. The third kappa shape index (κ3) is 2.63. The molecule has 0 unspecified atom stereocenters. The van der Waals surface area contributed by atoms with E-state index in [0.717, 1.165) is 6.20 Å². The Kier molecular flexibility index (Phi) is 2.90. The van der Waals surface area contributed by atoms with Gasteiger partial charge in [-0.15, -0.1) is 0 Å². The standard InChI is InChI=1S/C10H8FN3O2/c11-7-3-9(6-12-5-7)13-10(15)4-8-1-2-16-14-8/h1-3,5-6H,4H2,(H,13,15). The monoisotopic (exact) mass is 221 g/mol. The zero-order valence-corrected chi connectivity index (χ0v) is 8.18. The van der Waals surface area contributed by atoms with E-state index in [1.54, 1.807) is 6.07 Å². The van der Waals surface area contributed by atoms with E-state index in [2.05, 4.69) is 20.0 Å². The van der Waals surface area contributed by atoms with Crippen LogP contribution in [0, 0.1) is 5.82 Å². The van der Waals surface area contributed by atoms with E-state index in [0.29, 0.717) is 11.4 Å². The van der Waals surface area contributed by atoms with Crippen LogP contribution in [-0.2, 0) is 11.2 Å². The second kappa shape index (κ2) is 4.52. The van der Waals surface area contributed by atoms with Gasteiger partial charge in [0, 0.05) is 12.1 Å². The molecule has 1 amide bonds. The van der Waals surface area contributed by atoms with E-state index in [4.69, 9.17) is 0 Å². The molecule has 0 aromatic carbocycles. The Morgan fingerprint density at radius 1 is 1.50 bits per heavy atom. The van der Waals surface area contributed by atoms with Gasteiger partial charge in [0.1, 0.15) is 12.1 Å². The lowest BCUT2D eigenvalue weighted by Crippen LogP contribution is -2.14. The molecule has 2 aromatic rings. The van der Waals surface area contributed by atoms with Crippen molar-refractivity contribution in [3.05, 3.63) is 42.3 Å². The highest BCUT2D eigenvalue weighted by Crippen LogP contribution is 2.07. The Labute approximate surface area is 90.3 Å². The molecule has 0 aliphatic heterocycles. The summed E-state index contributed by atoms with van der Waals surface area (Å²) in [5.41, 5.74) is 0.829. The number of rotatable bonds is 3. The van der Waals surface area contributed by atoms with Gasteiger partial charge in [0.05, 0.1) is 30.2 Å². The van der Waals surface area contributed by atoms with Gasteiger partial charge in [0.15, 0.2) is 0 Å². The molecule has 0 saturated carbocycles. The normalized spacial score (nSPS) is 10.1. The van der Waals surface area contributed by atoms with Crippen LogP contribution in [0.5, 0.6) is 0 Å². The molecule has 0 bridgehead atoms. The third-order valence-corrected chi connectivity index (χ3v) is 1.82. The Bertz CT molecular complexity index is 485. The average molecular weight is 221 g/mol. The second-order valence-electron chi connectivity index (χ2n) is 3.11. The van der Waals surface area contributed by atoms with Crippen molar-refractivity contribution in [1.82, 2.24) is 10.1 Å². The molecule has 0 aliphatic rings. The highest BCUT2D eigenvalue weighted by atomic mass is 19.1. The number of carbonyl (C=O) groups is 1. The molecule has 0 atom stereocenters. The zero-order chi connectivity index (χ0) is 11.4. The summed E-state index contributed by atoms with van der Waals surface area (Å²) in [6.07, 6.45) is 3.89. The summed E-state index contributed by atoms with van der Waals surface area (Å²) in [6, 6.07) is 2.77. The first-order valence-electron chi connectivity index (χ1n) is 4.54. The van der Waals surface area contributed by atoms with Crippen molar-refractivity contribution in [2.24, 2.45) is 0 Å². The lowest BCUT2D eigenvalue weighted by atomic mass is 10.3. The van der Waals surface area contributed by atoms with Crippen LogP contribution < -0.4 is 5.32 Å². The van der Waals surface area contributed by atoms with Crippen molar-refractivity contribution in [3.8, 4) is 0 Å². The number of nitrogens with one attached hydrogen (secondary N) is 1. The van der Waals surface area contributed by atoms with Crippen LogP contribution in [0.3, 0.4) is 0 Å². The van der Waals surface area contributed by atoms with Gasteiger partial charge < -0.3 is 9.84 Å². The van der Waals surface area contributed by atoms with E-state index in [1.165, 1.54) is 18.5 Å². The van der Waals surface area contributed by atoms with E-state index in [1.807, 2.05) is 0 Å². The summed E-state index contributed by atoms with van der Waals surface area (Å²) in [5, 5.41) is 6.09. The van der Waals surface area contributed by atoms with Gasteiger partial charge in [-0.3, -0.25) is 9.78 Å². The van der Waals surface area contributed by atoms with E-state index in [9.17, 15) is 9.18 Å². The van der Waals surface area contributed by atoms with Gasteiger partial charge >= 0.3 is 0 Å². The average Bonchev–Trinajstić information content (AvgIpc) is 2.70. The third-order valence-electron chi connectivity index (χ3n) is 1.82. The van der Waals surface area contributed by atoms with Gasteiger partial charge in [0.2, 0.25) is 5.91 Å². The first-order valence-corrected chi connectivity index (χ1v) is 4.54. The molecule has 0 aliphatic carbocycles. The minimum absolute atomic E-state index is 0.0764. The van der Waals surface area contributed by atoms with Gasteiger partial charge in [-0.05, 0) is 0 Å². The Morgan fingerprint density at radius 3 is 3.06 bits per heavy atom. The van der Waals surface area contributed by atoms with Crippen LogP contribution in [-0.4, -0.2) is 16.0 Å². The molecule has 0 saturated heterocycles. The fourth-order valence-corrected chi connectivity index (χ4v) is 1.18. The number of halogens is 1. The lowest BCUT2D eigenvalue weighted by Gasteiger charge is -2.02. The fraction of sp³-hybridized carbons (Fsp3) is 0.100. The Hall–Kier alpha value is -2.24. The first-order chi connectivity index (χ1) is 7.74. The van der Waals surface area contributed by atoms with Gasteiger partial charge in [-0.1, -0.05) is 5.16 Å². The molecule has 2 aromatic heterocycles. The number of anilines is 1. The summed E-state index contributed by atoms with van der Waals surface area (Å²) in [6.45, 7) is 0. The molecule has 2 heterocycles. The van der Waals surface area contributed by atoms with Gasteiger partial charge in [-0.25, -0.2) is 4.39 Å². The van der Waals surface area contributed by atoms with Crippen molar-refractivity contribution in [1.29, 1.82) is 0 Å². The van der Waals surface area contributed by atoms with Crippen LogP contribution in [0.15, 0.2) is 35.3 Å². The quantitative estimate of drug-likeness (QED) is 0.850. The number of nitrogens with zero attached hydrogens (tertiary/aromatic N) is 2. The number of aromatic nitrogens is 2. The lowest BCUT2D eigenvalue weighted by molar-refractivity contribution is -0.115. The molecule has 6 heteroatoms. The van der Waals surface area contributed by atoms with Crippen LogP contribution in [0.2, 0.25) is 0 Å². The largest absolute Gasteiger partial charge is 0.364 e. The number of hydrogen-bond donors (Lipinski definition) is 1. The minimum atomic E-state index is -0.501. The van der Waals surface area contributed by atoms with Gasteiger partial charge in [0.25, 0.3) is 0 Å². The number of hydrogen-bond acceptors (Lipinski definition) is 4.